The molecule has 0 bridgehead atoms. The molecule has 0 amide bonds. The molecule has 0 aliphatic carbocycles. The molecule has 0 aliphatic rings. The topological polar surface area (TPSA) is 12.9 Å². The Morgan fingerprint density at radius 3 is 1.40 bits per heavy atom. The van der Waals surface area contributed by atoms with E-state index in [-0.39, 0.29) is 12.4 Å². The second-order valence-corrected chi connectivity index (χ2v) is 2.54. The quantitative estimate of drug-likeness (QED) is 0.626. The van der Waals surface area contributed by atoms with E-state index >= 15 is 0 Å². The fourth-order valence-corrected chi connectivity index (χ4v) is 0.840. The van der Waals surface area contributed by atoms with Gasteiger partial charge in [0.05, 0.1) is 0 Å². The van der Waals surface area contributed by atoms with Gasteiger partial charge >= 0.3 is 12.4 Å². The van der Waals surface area contributed by atoms with Gasteiger partial charge < -0.3 is 0 Å². The van der Waals surface area contributed by atoms with Crippen molar-refractivity contribution in [2.45, 2.75) is 12.4 Å². The van der Waals surface area contributed by atoms with Crippen LogP contribution in [0.15, 0.2) is 12.4 Å². The van der Waals surface area contributed by atoms with Crippen LogP contribution in [0.1, 0.15) is 11.1 Å². The van der Waals surface area contributed by atoms with Crippen LogP contribution in [0.5, 0.6) is 0 Å². The molecule has 0 atom stereocenters. The van der Waals surface area contributed by atoms with Crippen molar-refractivity contribution in [1.29, 1.82) is 0 Å². The van der Waals surface area contributed by atoms with Crippen molar-refractivity contribution < 1.29 is 30.7 Å². The Morgan fingerprint density at radius 1 is 0.800 bits per heavy atom. The van der Waals surface area contributed by atoms with Gasteiger partial charge in [0, 0.05) is 12.4 Å². The zero-order valence-electron chi connectivity index (χ0n) is 6.75. The highest BCUT2D eigenvalue weighted by molar-refractivity contribution is 5.25. The monoisotopic (exact) mass is 233 g/mol. The highest BCUT2D eigenvalue weighted by Crippen LogP contribution is 2.37. The Labute approximate surface area is 78.5 Å². The molecule has 0 saturated heterocycles. The van der Waals surface area contributed by atoms with E-state index in [1.807, 2.05) is 0 Å². The van der Waals surface area contributed by atoms with Crippen molar-refractivity contribution in [2.24, 2.45) is 0 Å². The standard InChI is InChI=1S/C7H2F7N/c8-5-3(6(9,10)11)1-15-2-4(5)7(12,13)14/h1-2H. The van der Waals surface area contributed by atoms with Crippen molar-refractivity contribution in [3.05, 3.63) is 29.3 Å². The van der Waals surface area contributed by atoms with Gasteiger partial charge in [0.2, 0.25) is 0 Å². The van der Waals surface area contributed by atoms with E-state index in [0.29, 0.717) is 0 Å². The minimum absolute atomic E-state index is 0.00454. The smallest absolute Gasteiger partial charge is 0.263 e. The van der Waals surface area contributed by atoms with E-state index in [2.05, 4.69) is 4.98 Å². The first-order valence-electron chi connectivity index (χ1n) is 3.42. The Hall–Kier alpha value is -1.34. The summed E-state index contributed by atoms with van der Waals surface area (Å²) in [7, 11) is 0. The molecule has 0 N–H and O–H groups in total. The molecule has 8 heteroatoms. The molecule has 1 heterocycles. The van der Waals surface area contributed by atoms with Gasteiger partial charge in [-0.15, -0.1) is 0 Å². The molecule has 0 spiro atoms. The van der Waals surface area contributed by atoms with Gasteiger partial charge in [-0.3, -0.25) is 4.98 Å². The highest BCUT2D eigenvalue weighted by atomic mass is 19.4. The summed E-state index contributed by atoms with van der Waals surface area (Å²) < 4.78 is 84.6. The summed E-state index contributed by atoms with van der Waals surface area (Å²) in [6, 6.07) is 0. The van der Waals surface area contributed by atoms with Crippen molar-refractivity contribution in [3.8, 4) is 0 Å². The number of alkyl halides is 6. The van der Waals surface area contributed by atoms with Crippen LogP contribution in [0, 0.1) is 5.82 Å². The van der Waals surface area contributed by atoms with Gasteiger partial charge in [-0.2, -0.15) is 26.3 Å². The summed E-state index contributed by atoms with van der Waals surface area (Å²) in [6.07, 6.45) is -10.4. The first-order valence-corrected chi connectivity index (χ1v) is 3.42. The summed E-state index contributed by atoms with van der Waals surface area (Å²) in [5.74, 6) is -2.36. The third-order valence-corrected chi connectivity index (χ3v) is 1.49. The van der Waals surface area contributed by atoms with Crippen molar-refractivity contribution in [3.63, 3.8) is 0 Å². The zero-order valence-corrected chi connectivity index (χ0v) is 6.75. The van der Waals surface area contributed by atoms with E-state index in [1.54, 1.807) is 0 Å². The SMILES string of the molecule is Fc1c(C(F)(F)F)cncc1C(F)(F)F. The van der Waals surface area contributed by atoms with Crippen LogP contribution >= 0.6 is 0 Å². The summed E-state index contributed by atoms with van der Waals surface area (Å²) in [6.45, 7) is 0. The molecule has 0 aromatic carbocycles. The number of aromatic nitrogens is 1. The molecular formula is C7H2F7N. The number of hydrogen-bond donors (Lipinski definition) is 0. The van der Waals surface area contributed by atoms with E-state index in [9.17, 15) is 30.7 Å². The Morgan fingerprint density at radius 2 is 1.13 bits per heavy atom. The van der Waals surface area contributed by atoms with Crippen LogP contribution < -0.4 is 0 Å². The second kappa shape index (κ2) is 3.35. The van der Waals surface area contributed by atoms with Crippen LogP contribution in [-0.2, 0) is 12.4 Å². The molecule has 1 aromatic rings. The van der Waals surface area contributed by atoms with Gasteiger partial charge in [-0.1, -0.05) is 0 Å². The molecule has 0 radical (unpaired) electrons. The predicted octanol–water partition coefficient (Wildman–Crippen LogP) is 3.26. The molecule has 15 heavy (non-hydrogen) atoms. The van der Waals surface area contributed by atoms with Crippen LogP contribution in [0.2, 0.25) is 0 Å². The average Bonchev–Trinajstić information content (AvgIpc) is 1.99. The van der Waals surface area contributed by atoms with Gasteiger partial charge in [-0.25, -0.2) is 4.39 Å². The lowest BCUT2D eigenvalue weighted by Crippen LogP contribution is -2.15. The van der Waals surface area contributed by atoms with Gasteiger partial charge in [0.15, 0.2) is 5.82 Å². The Bertz CT molecular complexity index is 332. The van der Waals surface area contributed by atoms with E-state index in [0.717, 1.165) is 0 Å². The molecule has 1 rings (SSSR count). The van der Waals surface area contributed by atoms with E-state index in [4.69, 9.17) is 0 Å². The van der Waals surface area contributed by atoms with Crippen LogP contribution in [0.4, 0.5) is 30.7 Å². The van der Waals surface area contributed by atoms with E-state index < -0.39 is 29.3 Å². The maximum absolute atomic E-state index is 12.8. The Kier molecular flexibility index (Phi) is 2.62. The first kappa shape index (κ1) is 11.7. The lowest BCUT2D eigenvalue weighted by molar-refractivity contribution is -0.148. The molecule has 84 valence electrons. The minimum Gasteiger partial charge on any atom is -0.263 e. The first-order chi connectivity index (χ1) is 6.64. The number of hydrogen-bond acceptors (Lipinski definition) is 1. The highest BCUT2D eigenvalue weighted by Gasteiger charge is 2.41. The van der Waals surface area contributed by atoms with E-state index in [1.165, 1.54) is 0 Å². The summed E-state index contributed by atoms with van der Waals surface area (Å²) in [4.78, 5) is 2.70. The van der Waals surface area contributed by atoms with Gasteiger partial charge in [0.25, 0.3) is 0 Å². The van der Waals surface area contributed by atoms with Crippen LogP contribution in [0.3, 0.4) is 0 Å². The maximum atomic E-state index is 12.8. The van der Waals surface area contributed by atoms with Crippen LogP contribution in [-0.4, -0.2) is 4.98 Å². The molecule has 0 fully saturated rings. The number of rotatable bonds is 0. The minimum atomic E-state index is -5.20. The third-order valence-electron chi connectivity index (χ3n) is 1.49. The van der Waals surface area contributed by atoms with Crippen molar-refractivity contribution in [2.75, 3.05) is 0 Å². The zero-order chi connectivity index (χ0) is 11.9. The molecule has 1 nitrogen and oxygen atoms in total. The van der Waals surface area contributed by atoms with Crippen molar-refractivity contribution >= 4 is 0 Å². The largest absolute Gasteiger partial charge is 0.420 e. The number of nitrogens with zero attached hydrogens (tertiary/aromatic N) is 1. The fraction of sp³-hybridized carbons (Fsp3) is 0.286. The van der Waals surface area contributed by atoms with Crippen molar-refractivity contribution in [1.82, 2.24) is 4.98 Å². The lowest BCUT2D eigenvalue weighted by Gasteiger charge is -2.12. The Balaban J connectivity index is 3.37. The third kappa shape index (κ3) is 2.37. The maximum Gasteiger partial charge on any atom is 0.420 e. The average molecular weight is 233 g/mol. The number of halogens is 7. The number of pyridine rings is 1. The molecule has 0 aliphatic heterocycles. The summed E-state index contributed by atoms with van der Waals surface area (Å²) >= 11 is 0. The molecular weight excluding hydrogens is 231 g/mol. The molecule has 0 unspecified atom stereocenters. The molecule has 1 aromatic heterocycles. The summed E-state index contributed by atoms with van der Waals surface area (Å²) in [5.41, 5.74) is -4.06. The fourth-order valence-electron chi connectivity index (χ4n) is 0.840. The normalized spacial score (nSPS) is 13.0. The predicted molar refractivity (Wildman–Crippen MR) is 34.2 cm³/mol. The van der Waals surface area contributed by atoms with Gasteiger partial charge in [-0.05, 0) is 0 Å². The molecule has 0 saturated carbocycles. The lowest BCUT2D eigenvalue weighted by atomic mass is 10.2. The summed E-state index contributed by atoms with van der Waals surface area (Å²) in [5, 5.41) is 0. The van der Waals surface area contributed by atoms with Gasteiger partial charge in [0.1, 0.15) is 11.1 Å². The second-order valence-electron chi connectivity index (χ2n) is 2.54. The van der Waals surface area contributed by atoms with Crippen LogP contribution in [0.25, 0.3) is 0 Å².